The second-order valence-electron chi connectivity index (χ2n) is 2.68. The molecule has 60 valence electrons. The minimum absolute atomic E-state index is 0.333. The van der Waals surface area contributed by atoms with Crippen LogP contribution >= 0.6 is 11.6 Å². The first kappa shape index (κ1) is 8.28. The Morgan fingerprint density at radius 2 is 2.40 bits per heavy atom. The van der Waals surface area contributed by atoms with Gasteiger partial charge in [-0.05, 0) is 6.42 Å². The lowest BCUT2D eigenvalue weighted by molar-refractivity contribution is 0.0925. The number of halogens is 2. The van der Waals surface area contributed by atoms with Gasteiger partial charge < -0.3 is 4.74 Å². The first-order chi connectivity index (χ1) is 4.67. The van der Waals surface area contributed by atoms with E-state index >= 15 is 0 Å². The van der Waals surface area contributed by atoms with Gasteiger partial charge in [-0.15, -0.1) is 0 Å². The molecule has 0 radical (unpaired) electrons. The molecule has 1 nitrogen and oxygen atoms in total. The molecule has 0 unspecified atom stereocenters. The SMILES string of the molecule is CCCCO[C@@H]1C[C@@]1(F)Cl. The fourth-order valence-corrected chi connectivity index (χ4v) is 0.942. The fourth-order valence-electron chi connectivity index (χ4n) is 0.739. The summed E-state index contributed by atoms with van der Waals surface area (Å²) in [5.74, 6) is 0. The van der Waals surface area contributed by atoms with Crippen molar-refractivity contribution in [3.63, 3.8) is 0 Å². The summed E-state index contributed by atoms with van der Waals surface area (Å²) in [6, 6.07) is 0. The van der Waals surface area contributed by atoms with Crippen molar-refractivity contribution in [2.75, 3.05) is 6.61 Å². The van der Waals surface area contributed by atoms with Crippen molar-refractivity contribution in [2.24, 2.45) is 0 Å². The average Bonchev–Trinajstić information content (AvgIpc) is 2.41. The molecule has 0 amide bonds. The lowest BCUT2D eigenvalue weighted by atomic mass is 10.4. The van der Waals surface area contributed by atoms with Crippen LogP contribution in [0.5, 0.6) is 0 Å². The van der Waals surface area contributed by atoms with Crippen LogP contribution in [0.2, 0.25) is 0 Å². The van der Waals surface area contributed by atoms with Gasteiger partial charge in [-0.1, -0.05) is 24.9 Å². The number of hydrogen-bond donors (Lipinski definition) is 0. The molecule has 0 N–H and O–H groups in total. The Labute approximate surface area is 65.5 Å². The third kappa shape index (κ3) is 2.10. The van der Waals surface area contributed by atoms with E-state index in [0.29, 0.717) is 13.0 Å². The number of alkyl halides is 2. The average molecular weight is 167 g/mol. The standard InChI is InChI=1S/C7H12ClFO/c1-2-3-4-10-6-5-7(6,8)9/h6H,2-5H2,1H3/t6-,7+/m1/s1. The highest BCUT2D eigenvalue weighted by atomic mass is 35.5. The Balaban J connectivity index is 1.97. The van der Waals surface area contributed by atoms with E-state index < -0.39 is 5.13 Å². The molecule has 2 atom stereocenters. The molecule has 10 heavy (non-hydrogen) atoms. The lowest BCUT2D eigenvalue weighted by Gasteiger charge is -2.00. The summed E-state index contributed by atoms with van der Waals surface area (Å²) < 4.78 is 17.6. The molecule has 0 saturated heterocycles. The number of hydrogen-bond acceptors (Lipinski definition) is 1. The molecule has 1 fully saturated rings. The van der Waals surface area contributed by atoms with Crippen molar-refractivity contribution in [3.05, 3.63) is 0 Å². The van der Waals surface area contributed by atoms with Crippen LogP contribution in [-0.4, -0.2) is 17.8 Å². The van der Waals surface area contributed by atoms with Gasteiger partial charge in [0.15, 0.2) is 0 Å². The predicted molar refractivity (Wildman–Crippen MR) is 39.0 cm³/mol. The van der Waals surface area contributed by atoms with Crippen LogP contribution in [0.4, 0.5) is 4.39 Å². The van der Waals surface area contributed by atoms with Gasteiger partial charge in [-0.25, -0.2) is 4.39 Å². The summed E-state index contributed by atoms with van der Waals surface area (Å²) in [5.41, 5.74) is 0. The number of rotatable bonds is 4. The van der Waals surface area contributed by atoms with Crippen LogP contribution in [0.1, 0.15) is 26.2 Å². The molecule has 0 aromatic carbocycles. The van der Waals surface area contributed by atoms with Gasteiger partial charge in [-0.2, -0.15) is 0 Å². The molecule has 1 saturated carbocycles. The molecule has 1 aliphatic carbocycles. The summed E-state index contributed by atoms with van der Waals surface area (Å²) in [6.45, 7) is 2.71. The maximum absolute atomic E-state index is 12.5. The smallest absolute Gasteiger partial charge is 0.212 e. The summed E-state index contributed by atoms with van der Waals surface area (Å²) in [5, 5.41) is -1.53. The Bertz CT molecular complexity index is 116. The highest BCUT2D eigenvalue weighted by Crippen LogP contribution is 2.46. The van der Waals surface area contributed by atoms with Crippen LogP contribution in [0.3, 0.4) is 0 Å². The summed E-state index contributed by atoms with van der Waals surface area (Å²) >= 11 is 5.29. The molecular weight excluding hydrogens is 155 g/mol. The topological polar surface area (TPSA) is 9.23 Å². The van der Waals surface area contributed by atoms with Crippen molar-refractivity contribution in [3.8, 4) is 0 Å². The molecular formula is C7H12ClFO. The Morgan fingerprint density at radius 3 is 2.80 bits per heavy atom. The number of unbranched alkanes of at least 4 members (excludes halogenated alkanes) is 1. The molecule has 1 rings (SSSR count). The second-order valence-corrected chi connectivity index (χ2v) is 3.31. The van der Waals surface area contributed by atoms with E-state index in [0.717, 1.165) is 12.8 Å². The third-order valence-corrected chi connectivity index (χ3v) is 1.98. The zero-order chi connectivity index (χ0) is 7.61. The van der Waals surface area contributed by atoms with Gasteiger partial charge in [0, 0.05) is 13.0 Å². The van der Waals surface area contributed by atoms with E-state index in [1.165, 1.54) is 0 Å². The molecule has 1 aliphatic rings. The van der Waals surface area contributed by atoms with E-state index in [4.69, 9.17) is 16.3 Å². The molecule has 0 heterocycles. The van der Waals surface area contributed by atoms with Gasteiger partial charge in [0.25, 0.3) is 0 Å². The minimum atomic E-state index is -1.53. The summed E-state index contributed by atoms with van der Waals surface area (Å²) in [7, 11) is 0. The molecule has 0 aromatic heterocycles. The van der Waals surface area contributed by atoms with Crippen LogP contribution in [-0.2, 0) is 4.74 Å². The van der Waals surface area contributed by atoms with Gasteiger partial charge in [0.05, 0.1) is 0 Å². The second kappa shape index (κ2) is 3.05. The van der Waals surface area contributed by atoms with Crippen molar-refractivity contribution < 1.29 is 9.13 Å². The first-order valence-corrected chi connectivity index (χ1v) is 4.04. The Kier molecular flexibility index (Phi) is 2.53. The monoisotopic (exact) mass is 166 g/mol. The van der Waals surface area contributed by atoms with E-state index in [1.54, 1.807) is 0 Å². The van der Waals surface area contributed by atoms with Gasteiger partial charge in [-0.3, -0.25) is 0 Å². The third-order valence-electron chi connectivity index (χ3n) is 1.59. The molecule has 0 aliphatic heterocycles. The van der Waals surface area contributed by atoms with Crippen LogP contribution in [0.15, 0.2) is 0 Å². The summed E-state index contributed by atoms with van der Waals surface area (Å²) in [6.07, 6.45) is 2.09. The molecule has 0 spiro atoms. The van der Waals surface area contributed by atoms with Gasteiger partial charge >= 0.3 is 0 Å². The molecule has 3 heteroatoms. The fraction of sp³-hybridized carbons (Fsp3) is 1.00. The highest BCUT2D eigenvalue weighted by molar-refractivity contribution is 6.25. The van der Waals surface area contributed by atoms with Crippen LogP contribution in [0.25, 0.3) is 0 Å². The van der Waals surface area contributed by atoms with Crippen molar-refractivity contribution in [1.82, 2.24) is 0 Å². The van der Waals surface area contributed by atoms with E-state index in [-0.39, 0.29) is 6.10 Å². The van der Waals surface area contributed by atoms with Gasteiger partial charge in [0.2, 0.25) is 5.13 Å². The Morgan fingerprint density at radius 1 is 1.80 bits per heavy atom. The van der Waals surface area contributed by atoms with Crippen molar-refractivity contribution >= 4 is 11.6 Å². The maximum atomic E-state index is 12.5. The van der Waals surface area contributed by atoms with Crippen molar-refractivity contribution in [2.45, 2.75) is 37.4 Å². The van der Waals surface area contributed by atoms with E-state index in [1.807, 2.05) is 0 Å². The largest absolute Gasteiger partial charge is 0.373 e. The first-order valence-electron chi connectivity index (χ1n) is 3.66. The van der Waals surface area contributed by atoms with Crippen LogP contribution < -0.4 is 0 Å². The predicted octanol–water partition coefficient (Wildman–Crippen LogP) is 2.48. The van der Waals surface area contributed by atoms with Crippen molar-refractivity contribution in [1.29, 1.82) is 0 Å². The zero-order valence-electron chi connectivity index (χ0n) is 6.07. The highest BCUT2D eigenvalue weighted by Gasteiger charge is 2.55. The lowest BCUT2D eigenvalue weighted by Crippen LogP contribution is -2.03. The van der Waals surface area contributed by atoms with E-state index in [2.05, 4.69) is 6.92 Å². The minimum Gasteiger partial charge on any atom is -0.373 e. The van der Waals surface area contributed by atoms with Crippen LogP contribution in [0, 0.1) is 0 Å². The summed E-state index contributed by atoms with van der Waals surface area (Å²) in [4.78, 5) is 0. The van der Waals surface area contributed by atoms with Gasteiger partial charge in [0.1, 0.15) is 6.10 Å². The Hall–Kier alpha value is 0.180. The maximum Gasteiger partial charge on any atom is 0.212 e. The quantitative estimate of drug-likeness (QED) is 0.461. The number of ether oxygens (including phenoxy) is 1. The molecule has 0 aromatic rings. The normalized spacial score (nSPS) is 38.1. The van der Waals surface area contributed by atoms with E-state index in [9.17, 15) is 4.39 Å². The molecule has 0 bridgehead atoms. The zero-order valence-corrected chi connectivity index (χ0v) is 6.83.